The number of ether oxygens (including phenoxy) is 1. The summed E-state index contributed by atoms with van der Waals surface area (Å²) in [6, 6.07) is 7.82. The Bertz CT molecular complexity index is 583. The van der Waals surface area contributed by atoms with Crippen LogP contribution in [0.1, 0.15) is 33.1 Å². The molecule has 0 aliphatic heterocycles. The molecule has 0 radical (unpaired) electrons. The van der Waals surface area contributed by atoms with Crippen LogP contribution in [-0.2, 0) is 16.3 Å². The minimum absolute atomic E-state index is 0.492. The van der Waals surface area contributed by atoms with E-state index < -0.39 is 5.47 Å². The molecule has 4 atom stereocenters. The SMILES string of the molecule is COc1ccc(P(=S)(S)OC[C@@H]2CCC3CC2C3(C)C)cc1. The van der Waals surface area contributed by atoms with E-state index in [9.17, 15) is 0 Å². The van der Waals surface area contributed by atoms with Crippen molar-refractivity contribution in [2.45, 2.75) is 33.1 Å². The second-order valence-electron chi connectivity index (χ2n) is 7.21. The zero-order valence-electron chi connectivity index (χ0n) is 13.5. The minimum atomic E-state index is -2.22. The molecule has 3 fully saturated rings. The lowest BCUT2D eigenvalue weighted by Gasteiger charge is -2.60. The van der Waals surface area contributed by atoms with Gasteiger partial charge in [-0.25, -0.2) is 0 Å². The summed E-state index contributed by atoms with van der Waals surface area (Å²) in [5, 5.41) is 1.01. The van der Waals surface area contributed by atoms with Crippen molar-refractivity contribution in [3.8, 4) is 5.75 Å². The highest BCUT2D eigenvalue weighted by Crippen LogP contribution is 2.62. The van der Waals surface area contributed by atoms with Crippen LogP contribution in [0.3, 0.4) is 0 Å². The Morgan fingerprint density at radius 3 is 2.50 bits per heavy atom. The number of benzene rings is 1. The first-order chi connectivity index (χ1) is 10.3. The zero-order valence-corrected chi connectivity index (χ0v) is 16.1. The maximum atomic E-state index is 6.17. The van der Waals surface area contributed by atoms with Gasteiger partial charge in [-0.1, -0.05) is 25.7 Å². The van der Waals surface area contributed by atoms with E-state index >= 15 is 0 Å². The zero-order chi connectivity index (χ0) is 16.0. The summed E-state index contributed by atoms with van der Waals surface area (Å²) in [6.45, 7) is 5.59. The molecule has 3 aliphatic carbocycles. The standard InChI is InChI=1S/C17H25O2PS2/c1-17(2)13-5-4-12(16(17)10-13)11-19-20(21,22)15-8-6-14(18-3)7-9-15/h6-9,12-13,16H,4-5,10-11H2,1-3H3,(H,21,22)/t12-,13?,16?/m0/s1. The highest BCUT2D eigenvalue weighted by atomic mass is 32.9. The molecular weight excluding hydrogens is 331 g/mol. The molecule has 1 aromatic carbocycles. The summed E-state index contributed by atoms with van der Waals surface area (Å²) in [4.78, 5) is 0. The van der Waals surface area contributed by atoms with Gasteiger partial charge in [-0.15, -0.1) is 12.2 Å². The van der Waals surface area contributed by atoms with Crippen molar-refractivity contribution in [1.82, 2.24) is 0 Å². The Morgan fingerprint density at radius 2 is 1.95 bits per heavy atom. The molecule has 0 heterocycles. The van der Waals surface area contributed by atoms with E-state index in [2.05, 4.69) is 26.1 Å². The van der Waals surface area contributed by atoms with Gasteiger partial charge >= 0.3 is 0 Å². The molecule has 2 bridgehead atoms. The lowest BCUT2D eigenvalue weighted by atomic mass is 9.46. The smallest absolute Gasteiger partial charge is 0.145 e. The normalized spacial score (nSPS) is 31.9. The van der Waals surface area contributed by atoms with Crippen molar-refractivity contribution in [1.29, 1.82) is 0 Å². The van der Waals surface area contributed by atoms with Gasteiger partial charge in [0, 0.05) is 5.30 Å². The van der Waals surface area contributed by atoms with E-state index in [1.807, 2.05) is 24.3 Å². The van der Waals surface area contributed by atoms with Crippen molar-refractivity contribution in [2.24, 2.45) is 23.2 Å². The summed E-state index contributed by atoms with van der Waals surface area (Å²) in [7, 11) is 1.67. The van der Waals surface area contributed by atoms with Crippen LogP contribution in [0.15, 0.2) is 24.3 Å². The maximum Gasteiger partial charge on any atom is 0.145 e. The Kier molecular flexibility index (Phi) is 4.68. The summed E-state index contributed by atoms with van der Waals surface area (Å²) in [5.74, 6) is 3.20. The first-order valence-electron chi connectivity index (χ1n) is 7.96. The van der Waals surface area contributed by atoms with Crippen LogP contribution >= 0.6 is 17.7 Å². The molecule has 0 saturated heterocycles. The first-order valence-corrected chi connectivity index (χ1v) is 11.8. The van der Waals surface area contributed by atoms with E-state index in [1.165, 1.54) is 19.3 Å². The van der Waals surface area contributed by atoms with Gasteiger partial charge in [-0.05, 0) is 66.7 Å². The maximum absolute atomic E-state index is 6.17. The third-order valence-electron chi connectivity index (χ3n) is 5.86. The molecule has 4 rings (SSSR count). The van der Waals surface area contributed by atoms with Gasteiger partial charge in [0.05, 0.1) is 13.7 Å². The Hall–Kier alpha value is -0.0200. The van der Waals surface area contributed by atoms with E-state index in [-0.39, 0.29) is 0 Å². The fraction of sp³-hybridized carbons (Fsp3) is 0.647. The second kappa shape index (κ2) is 6.12. The average molecular weight is 356 g/mol. The van der Waals surface area contributed by atoms with Crippen LogP contribution in [0.4, 0.5) is 0 Å². The first kappa shape index (κ1) is 16.8. The molecule has 0 spiro atoms. The third kappa shape index (κ3) is 3.00. The Labute approximate surface area is 144 Å². The number of rotatable bonds is 5. The largest absolute Gasteiger partial charge is 0.497 e. The van der Waals surface area contributed by atoms with Gasteiger partial charge in [0.25, 0.3) is 0 Å². The Morgan fingerprint density at radius 1 is 1.27 bits per heavy atom. The van der Waals surface area contributed by atoms with Gasteiger partial charge in [-0.3, -0.25) is 0 Å². The van der Waals surface area contributed by atoms with E-state index in [0.717, 1.165) is 29.5 Å². The average Bonchev–Trinajstić information content (AvgIpc) is 2.53. The molecule has 1 aromatic rings. The molecule has 3 saturated carbocycles. The lowest BCUT2D eigenvalue weighted by Crippen LogP contribution is -2.53. The fourth-order valence-corrected chi connectivity index (χ4v) is 6.42. The summed E-state index contributed by atoms with van der Waals surface area (Å²) in [5.41, 5.74) is -1.73. The van der Waals surface area contributed by atoms with E-state index in [4.69, 9.17) is 21.1 Å². The van der Waals surface area contributed by atoms with Crippen LogP contribution in [0.5, 0.6) is 5.75 Å². The predicted molar refractivity (Wildman–Crippen MR) is 100.0 cm³/mol. The highest BCUT2D eigenvalue weighted by molar-refractivity contribution is 8.64. The van der Waals surface area contributed by atoms with Crippen molar-refractivity contribution < 1.29 is 9.26 Å². The highest BCUT2D eigenvalue weighted by Gasteiger charge is 2.54. The van der Waals surface area contributed by atoms with Crippen LogP contribution in [0.2, 0.25) is 0 Å². The quantitative estimate of drug-likeness (QED) is 0.612. The number of hydrogen-bond donors (Lipinski definition) is 1. The fourth-order valence-electron chi connectivity index (χ4n) is 4.20. The predicted octanol–water partition coefficient (Wildman–Crippen LogP) is 4.65. The van der Waals surface area contributed by atoms with Gasteiger partial charge in [0.15, 0.2) is 0 Å². The van der Waals surface area contributed by atoms with E-state index in [1.54, 1.807) is 7.11 Å². The van der Waals surface area contributed by atoms with Gasteiger partial charge in [0.2, 0.25) is 0 Å². The molecule has 0 amide bonds. The van der Waals surface area contributed by atoms with Gasteiger partial charge in [0.1, 0.15) is 11.2 Å². The molecule has 5 heteroatoms. The number of thiol groups is 1. The molecule has 3 aliphatic rings. The van der Waals surface area contributed by atoms with Gasteiger partial charge < -0.3 is 9.26 Å². The Balaban J connectivity index is 1.63. The summed E-state index contributed by atoms with van der Waals surface area (Å²) >= 11 is 10.4. The van der Waals surface area contributed by atoms with Gasteiger partial charge in [-0.2, -0.15) is 0 Å². The lowest BCUT2D eigenvalue weighted by molar-refractivity contribution is -0.113. The van der Waals surface area contributed by atoms with Crippen molar-refractivity contribution in [3.63, 3.8) is 0 Å². The second-order valence-corrected chi connectivity index (χ2v) is 13.1. The summed E-state index contributed by atoms with van der Waals surface area (Å²) in [6.07, 6.45) is 4.00. The number of fused-ring (bicyclic) bond motifs is 2. The monoisotopic (exact) mass is 356 g/mol. The van der Waals surface area contributed by atoms with Crippen molar-refractivity contribution in [2.75, 3.05) is 13.7 Å². The van der Waals surface area contributed by atoms with Crippen LogP contribution in [0, 0.1) is 23.2 Å². The number of methoxy groups -OCH3 is 1. The minimum Gasteiger partial charge on any atom is -0.497 e. The van der Waals surface area contributed by atoms with Crippen LogP contribution in [-0.4, -0.2) is 13.7 Å². The molecule has 122 valence electrons. The molecular formula is C17H25O2PS2. The topological polar surface area (TPSA) is 18.5 Å². The molecule has 2 nitrogen and oxygen atoms in total. The molecule has 22 heavy (non-hydrogen) atoms. The van der Waals surface area contributed by atoms with Crippen LogP contribution in [0.25, 0.3) is 0 Å². The molecule has 0 aromatic heterocycles. The summed E-state index contributed by atoms with van der Waals surface area (Å²) < 4.78 is 11.4. The van der Waals surface area contributed by atoms with Crippen LogP contribution < -0.4 is 10.0 Å². The third-order valence-corrected chi connectivity index (χ3v) is 9.30. The van der Waals surface area contributed by atoms with Crippen molar-refractivity contribution >= 4 is 34.8 Å². The number of hydrogen-bond acceptors (Lipinski definition) is 3. The van der Waals surface area contributed by atoms with Crippen molar-refractivity contribution in [3.05, 3.63) is 24.3 Å². The van der Waals surface area contributed by atoms with E-state index in [0.29, 0.717) is 11.3 Å². The molecule has 3 unspecified atom stereocenters. The molecule has 0 N–H and O–H groups in total.